The van der Waals surface area contributed by atoms with E-state index in [2.05, 4.69) is 23.3 Å². The minimum atomic E-state index is -1.03. The molecule has 11 unspecified atom stereocenters. The number of rotatable bonds is 3. The number of hydrogen-bond acceptors (Lipinski definition) is 6. The molecule has 4 N–H and O–H groups in total. The molecule has 11 atom stereocenters. The minimum absolute atomic E-state index is 0.188. The molecule has 35 heavy (non-hydrogen) atoms. The van der Waals surface area contributed by atoms with Gasteiger partial charge in [0.15, 0.2) is 0 Å². The Bertz CT molecular complexity index is 1100. The van der Waals surface area contributed by atoms with Crippen molar-refractivity contribution in [2.45, 2.75) is 70.4 Å². The second-order valence-electron chi connectivity index (χ2n) is 11.7. The fourth-order valence-corrected chi connectivity index (χ4v) is 8.24. The van der Waals surface area contributed by atoms with Gasteiger partial charge in [0.2, 0.25) is 0 Å². The van der Waals surface area contributed by atoms with Crippen molar-refractivity contribution in [3.05, 3.63) is 29.5 Å². The van der Waals surface area contributed by atoms with E-state index >= 15 is 0 Å². The van der Waals surface area contributed by atoms with Gasteiger partial charge < -0.3 is 29.7 Å². The maximum Gasteiger partial charge on any atom is 0.139 e. The van der Waals surface area contributed by atoms with Crippen molar-refractivity contribution < 1.29 is 25.2 Å². The van der Waals surface area contributed by atoms with E-state index in [1.807, 2.05) is 19.1 Å². The molecule has 192 valence electrons. The smallest absolute Gasteiger partial charge is 0.139 e. The van der Waals surface area contributed by atoms with Gasteiger partial charge >= 0.3 is 0 Å². The Morgan fingerprint density at radius 1 is 1.11 bits per heavy atom. The highest BCUT2D eigenvalue weighted by Gasteiger charge is 2.53. The summed E-state index contributed by atoms with van der Waals surface area (Å²) in [6.45, 7) is 8.86. The standard InChI is InChI=1S/C28H40N2O5/c1-4-19-14(2)16-9-22-24(19)29(11-16)8-7-20-21-10-18(32)5-6-23(21)30(25(20)22)28-15(3)26(33)27(34)17(12-31)13-35-28/h5-6,10,14-17,19,22,24,26-28,31-34H,4,7-9,11-13H2,1-3H3. The average molecular weight is 485 g/mol. The van der Waals surface area contributed by atoms with Crippen LogP contribution in [0.4, 0.5) is 0 Å². The molecule has 4 aliphatic heterocycles. The highest BCUT2D eigenvalue weighted by Crippen LogP contribution is 2.55. The van der Waals surface area contributed by atoms with Gasteiger partial charge in [-0.05, 0) is 54.4 Å². The molecule has 5 aliphatic rings. The predicted octanol–water partition coefficient (Wildman–Crippen LogP) is 2.85. The molecule has 1 aliphatic carbocycles. The van der Waals surface area contributed by atoms with E-state index in [4.69, 9.17) is 4.74 Å². The number of aliphatic hydroxyl groups is 3. The quantitative estimate of drug-likeness (QED) is 0.535. The molecule has 4 bridgehead atoms. The van der Waals surface area contributed by atoms with Crippen LogP contribution in [0.15, 0.2) is 18.2 Å². The van der Waals surface area contributed by atoms with Crippen molar-refractivity contribution in [3.8, 4) is 5.75 Å². The Morgan fingerprint density at radius 2 is 1.91 bits per heavy atom. The maximum absolute atomic E-state index is 11.1. The number of aromatic hydroxyl groups is 1. The summed E-state index contributed by atoms with van der Waals surface area (Å²) in [7, 11) is 0. The molecule has 7 nitrogen and oxygen atoms in total. The molecule has 1 aromatic heterocycles. The Hall–Kier alpha value is -1.64. The van der Waals surface area contributed by atoms with E-state index in [-0.39, 0.29) is 24.9 Å². The topological polar surface area (TPSA) is 98.3 Å². The summed E-state index contributed by atoms with van der Waals surface area (Å²) in [6, 6.07) is 6.08. The number of fused-ring (bicyclic) bond motifs is 4. The van der Waals surface area contributed by atoms with E-state index < -0.39 is 24.4 Å². The number of phenolic OH excluding ortho intramolecular Hbond substituents is 1. The summed E-state index contributed by atoms with van der Waals surface area (Å²) < 4.78 is 8.75. The van der Waals surface area contributed by atoms with Gasteiger partial charge in [-0.2, -0.15) is 0 Å². The summed E-state index contributed by atoms with van der Waals surface area (Å²) in [5.74, 6) is 1.78. The third-order valence-corrected chi connectivity index (χ3v) is 10.1. The van der Waals surface area contributed by atoms with Gasteiger partial charge in [-0.15, -0.1) is 0 Å². The van der Waals surface area contributed by atoms with Crippen LogP contribution in [0.25, 0.3) is 10.9 Å². The molecule has 0 amide bonds. The highest BCUT2D eigenvalue weighted by atomic mass is 16.5. The van der Waals surface area contributed by atoms with E-state index in [9.17, 15) is 20.4 Å². The van der Waals surface area contributed by atoms with Crippen LogP contribution in [-0.4, -0.2) is 74.4 Å². The zero-order valence-electron chi connectivity index (χ0n) is 21.0. The van der Waals surface area contributed by atoms with Gasteiger partial charge in [-0.1, -0.05) is 27.2 Å². The lowest BCUT2D eigenvalue weighted by molar-refractivity contribution is -0.0722. The van der Waals surface area contributed by atoms with Crippen LogP contribution in [0.3, 0.4) is 0 Å². The van der Waals surface area contributed by atoms with Gasteiger partial charge in [0.05, 0.1) is 30.9 Å². The molecule has 2 aromatic rings. The summed E-state index contributed by atoms with van der Waals surface area (Å²) >= 11 is 0. The van der Waals surface area contributed by atoms with E-state index in [0.29, 0.717) is 23.8 Å². The van der Waals surface area contributed by atoms with Crippen LogP contribution < -0.4 is 0 Å². The first kappa shape index (κ1) is 23.7. The van der Waals surface area contributed by atoms with Crippen molar-refractivity contribution in [2.75, 3.05) is 26.3 Å². The molecule has 3 saturated heterocycles. The zero-order chi connectivity index (χ0) is 24.6. The summed E-state index contributed by atoms with van der Waals surface area (Å²) in [5, 5.41) is 43.1. The van der Waals surface area contributed by atoms with Crippen LogP contribution in [-0.2, 0) is 11.2 Å². The molecule has 5 heterocycles. The SMILES string of the molecule is CCC1C(C)C2CC3c4c(c5cc(O)ccc5n4C4OCC(CO)C(O)C(O)C4C)CCN(C2)C31. The van der Waals surface area contributed by atoms with Gasteiger partial charge in [-0.25, -0.2) is 0 Å². The lowest BCUT2D eigenvalue weighted by atomic mass is 9.60. The molecule has 0 radical (unpaired) electrons. The van der Waals surface area contributed by atoms with Crippen molar-refractivity contribution in [2.24, 2.45) is 29.6 Å². The fourth-order valence-electron chi connectivity index (χ4n) is 8.24. The molecule has 1 aromatic carbocycles. The second-order valence-corrected chi connectivity index (χ2v) is 11.7. The van der Waals surface area contributed by atoms with Gasteiger partial charge in [0.1, 0.15) is 12.0 Å². The number of phenols is 1. The minimum Gasteiger partial charge on any atom is -0.508 e. The first-order chi connectivity index (χ1) is 16.8. The lowest BCUT2D eigenvalue weighted by Crippen LogP contribution is -2.59. The monoisotopic (exact) mass is 484 g/mol. The van der Waals surface area contributed by atoms with Crippen LogP contribution in [0.2, 0.25) is 0 Å². The van der Waals surface area contributed by atoms with Crippen molar-refractivity contribution >= 4 is 10.9 Å². The first-order valence-electron chi connectivity index (χ1n) is 13.5. The van der Waals surface area contributed by atoms with Crippen molar-refractivity contribution in [3.63, 3.8) is 0 Å². The lowest BCUT2D eigenvalue weighted by Gasteiger charge is -2.57. The third kappa shape index (κ3) is 3.42. The van der Waals surface area contributed by atoms with Crippen LogP contribution in [0, 0.1) is 29.6 Å². The number of benzene rings is 1. The Labute approximate surface area is 207 Å². The molecular formula is C28H40N2O5. The number of nitrogens with zero attached hydrogens (tertiary/aromatic N) is 2. The number of hydrogen-bond donors (Lipinski definition) is 4. The normalized spacial score (nSPS) is 43.1. The molecule has 0 spiro atoms. The van der Waals surface area contributed by atoms with Crippen LogP contribution >= 0.6 is 0 Å². The largest absolute Gasteiger partial charge is 0.508 e. The highest BCUT2D eigenvalue weighted by molar-refractivity contribution is 5.87. The zero-order valence-corrected chi connectivity index (χ0v) is 21.0. The fraction of sp³-hybridized carbons (Fsp3) is 0.714. The summed E-state index contributed by atoms with van der Waals surface area (Å²) in [6.07, 6.45) is 0.759. The van der Waals surface area contributed by atoms with Crippen LogP contribution in [0.1, 0.15) is 57.0 Å². The number of aliphatic hydroxyl groups excluding tert-OH is 3. The molecule has 1 saturated carbocycles. The Morgan fingerprint density at radius 3 is 2.66 bits per heavy atom. The molecule has 7 heteroatoms. The average Bonchev–Trinajstić information content (AvgIpc) is 3.06. The predicted molar refractivity (Wildman–Crippen MR) is 133 cm³/mol. The van der Waals surface area contributed by atoms with Crippen molar-refractivity contribution in [1.82, 2.24) is 9.47 Å². The summed E-state index contributed by atoms with van der Waals surface area (Å²) in [5.41, 5.74) is 3.62. The van der Waals surface area contributed by atoms with E-state index in [1.54, 1.807) is 6.07 Å². The number of aromatic nitrogens is 1. The molecule has 7 rings (SSSR count). The molecule has 4 fully saturated rings. The van der Waals surface area contributed by atoms with Gasteiger partial charge in [0.25, 0.3) is 0 Å². The van der Waals surface area contributed by atoms with E-state index in [0.717, 1.165) is 36.2 Å². The van der Waals surface area contributed by atoms with Crippen molar-refractivity contribution in [1.29, 1.82) is 0 Å². The Balaban J connectivity index is 1.55. The molecular weight excluding hydrogens is 444 g/mol. The summed E-state index contributed by atoms with van der Waals surface area (Å²) in [4.78, 5) is 2.73. The van der Waals surface area contributed by atoms with Gasteiger partial charge in [0, 0.05) is 48.0 Å². The second kappa shape index (κ2) is 8.73. The van der Waals surface area contributed by atoms with Crippen LogP contribution in [0.5, 0.6) is 5.75 Å². The Kier molecular flexibility index (Phi) is 5.92. The maximum atomic E-state index is 11.1. The number of ether oxygens (including phenoxy) is 1. The number of piperidine rings is 2. The first-order valence-corrected chi connectivity index (χ1v) is 13.5. The van der Waals surface area contributed by atoms with E-state index in [1.165, 1.54) is 24.2 Å². The third-order valence-electron chi connectivity index (χ3n) is 10.1. The van der Waals surface area contributed by atoms with Gasteiger partial charge in [-0.3, -0.25) is 4.90 Å².